The summed E-state index contributed by atoms with van der Waals surface area (Å²) in [6.07, 6.45) is 13.7. The maximum absolute atomic E-state index is 11.5. The molecule has 0 saturated carbocycles. The van der Waals surface area contributed by atoms with Crippen molar-refractivity contribution < 1.29 is 24.2 Å². The highest BCUT2D eigenvalue weighted by molar-refractivity contribution is 5.66. The Morgan fingerprint density at radius 1 is 0.812 bits per heavy atom. The van der Waals surface area contributed by atoms with Gasteiger partial charge in [-0.25, -0.2) is 0 Å². The summed E-state index contributed by atoms with van der Waals surface area (Å²) in [5.41, 5.74) is 1.15. The van der Waals surface area contributed by atoms with Gasteiger partial charge in [0.1, 0.15) is 6.10 Å². The van der Waals surface area contributed by atoms with Crippen LogP contribution in [0.2, 0.25) is 0 Å². The number of hydrogen-bond acceptors (Lipinski definition) is 4. The highest BCUT2D eigenvalue weighted by Gasteiger charge is 2.14. The number of hydrogen-bond donors (Lipinski definition) is 1. The number of aliphatic carboxylic acids is 1. The molecular formula is C27H44O5. The lowest BCUT2D eigenvalue weighted by Crippen LogP contribution is -2.17. The predicted molar refractivity (Wildman–Crippen MR) is 129 cm³/mol. The van der Waals surface area contributed by atoms with Crippen molar-refractivity contribution in [3.63, 3.8) is 0 Å². The van der Waals surface area contributed by atoms with Gasteiger partial charge in [-0.3, -0.25) is 9.59 Å². The van der Waals surface area contributed by atoms with E-state index in [0.717, 1.165) is 56.9 Å². The Hall–Kier alpha value is -1.88. The number of benzene rings is 1. The van der Waals surface area contributed by atoms with Crippen LogP contribution < -0.4 is 0 Å². The molecule has 0 aliphatic carbocycles. The molecule has 32 heavy (non-hydrogen) atoms. The summed E-state index contributed by atoms with van der Waals surface area (Å²) in [6, 6.07) is 10.1. The topological polar surface area (TPSA) is 72.8 Å². The highest BCUT2D eigenvalue weighted by atomic mass is 16.5. The molecule has 182 valence electrons. The van der Waals surface area contributed by atoms with Crippen molar-refractivity contribution in [3.8, 4) is 0 Å². The fraction of sp³-hybridized carbons (Fsp3) is 0.704. The number of unbranched alkanes of at least 4 members (excludes halogenated alkanes) is 6. The van der Waals surface area contributed by atoms with Crippen molar-refractivity contribution in [1.29, 1.82) is 0 Å². The molecule has 0 spiro atoms. The van der Waals surface area contributed by atoms with Crippen LogP contribution in [-0.2, 0) is 25.7 Å². The summed E-state index contributed by atoms with van der Waals surface area (Å²) in [5.74, 6) is -0.927. The molecule has 0 aromatic heterocycles. The van der Waals surface area contributed by atoms with E-state index in [-0.39, 0.29) is 24.6 Å². The molecule has 0 amide bonds. The summed E-state index contributed by atoms with van der Waals surface area (Å²) in [4.78, 5) is 22.2. The Balaban J connectivity index is 2.39. The van der Waals surface area contributed by atoms with Crippen LogP contribution in [0.25, 0.3) is 0 Å². The number of carboxylic acids is 1. The van der Waals surface area contributed by atoms with Crippen molar-refractivity contribution in [1.82, 2.24) is 0 Å². The number of rotatable bonds is 20. The van der Waals surface area contributed by atoms with Gasteiger partial charge in [0.05, 0.1) is 12.7 Å². The standard InChI is InChI=1S/C27H44O5/c1-3-4-5-6-10-19-26(32-23(2)28)20-12-11-17-25(18-13-14-21-27(29)30)31-22-24-15-8-7-9-16-24/h7-9,15-16,25-26H,3-6,10-14,17-22H2,1-2H3,(H,29,30). The first-order chi connectivity index (χ1) is 15.5. The maximum atomic E-state index is 11.5. The quantitative estimate of drug-likeness (QED) is 0.171. The fourth-order valence-electron chi connectivity index (χ4n) is 3.96. The van der Waals surface area contributed by atoms with Crippen LogP contribution in [0.5, 0.6) is 0 Å². The molecule has 0 fully saturated rings. The van der Waals surface area contributed by atoms with Crippen LogP contribution >= 0.6 is 0 Å². The van der Waals surface area contributed by atoms with E-state index in [1.807, 2.05) is 18.2 Å². The smallest absolute Gasteiger partial charge is 0.303 e. The van der Waals surface area contributed by atoms with E-state index in [2.05, 4.69) is 19.1 Å². The largest absolute Gasteiger partial charge is 0.481 e. The fourth-order valence-corrected chi connectivity index (χ4v) is 3.96. The Labute approximate surface area is 194 Å². The average molecular weight is 449 g/mol. The number of ether oxygens (including phenoxy) is 2. The summed E-state index contributed by atoms with van der Waals surface area (Å²) in [7, 11) is 0. The number of esters is 1. The molecule has 1 aromatic carbocycles. The summed E-state index contributed by atoms with van der Waals surface area (Å²) in [6.45, 7) is 4.29. The molecule has 2 atom stereocenters. The lowest BCUT2D eigenvalue weighted by Gasteiger charge is -2.20. The monoisotopic (exact) mass is 448 g/mol. The third kappa shape index (κ3) is 15.9. The highest BCUT2D eigenvalue weighted by Crippen LogP contribution is 2.19. The van der Waals surface area contributed by atoms with E-state index < -0.39 is 5.97 Å². The van der Waals surface area contributed by atoms with Gasteiger partial charge in [0.25, 0.3) is 0 Å². The lowest BCUT2D eigenvalue weighted by molar-refractivity contribution is -0.147. The van der Waals surface area contributed by atoms with Crippen LogP contribution in [0.1, 0.15) is 109 Å². The Kier molecular flexibility index (Phi) is 16.4. The number of carbonyl (C=O) groups excluding carboxylic acids is 1. The molecule has 5 heteroatoms. The van der Waals surface area contributed by atoms with Crippen molar-refractivity contribution in [2.24, 2.45) is 0 Å². The lowest BCUT2D eigenvalue weighted by atomic mass is 10.0. The Morgan fingerprint density at radius 3 is 1.97 bits per heavy atom. The van der Waals surface area contributed by atoms with E-state index in [0.29, 0.717) is 13.0 Å². The Morgan fingerprint density at radius 2 is 1.38 bits per heavy atom. The summed E-state index contributed by atoms with van der Waals surface area (Å²) in [5, 5.41) is 8.86. The molecular weight excluding hydrogens is 404 g/mol. The van der Waals surface area contributed by atoms with E-state index >= 15 is 0 Å². The van der Waals surface area contributed by atoms with Gasteiger partial charge in [0.2, 0.25) is 0 Å². The minimum Gasteiger partial charge on any atom is -0.481 e. The zero-order valence-corrected chi connectivity index (χ0v) is 20.2. The minimum atomic E-state index is -0.738. The normalized spacial score (nSPS) is 12.9. The van der Waals surface area contributed by atoms with Crippen molar-refractivity contribution >= 4 is 11.9 Å². The van der Waals surface area contributed by atoms with Crippen LogP contribution in [0.4, 0.5) is 0 Å². The molecule has 0 aliphatic rings. The second-order valence-electron chi connectivity index (χ2n) is 8.78. The maximum Gasteiger partial charge on any atom is 0.303 e. The van der Waals surface area contributed by atoms with E-state index in [1.54, 1.807) is 0 Å². The molecule has 5 nitrogen and oxygen atoms in total. The first kappa shape index (κ1) is 28.2. The van der Waals surface area contributed by atoms with Crippen molar-refractivity contribution in [3.05, 3.63) is 35.9 Å². The van der Waals surface area contributed by atoms with Gasteiger partial charge in [0.15, 0.2) is 0 Å². The van der Waals surface area contributed by atoms with E-state index in [9.17, 15) is 9.59 Å². The molecule has 2 unspecified atom stereocenters. The van der Waals surface area contributed by atoms with Crippen molar-refractivity contribution in [2.75, 3.05) is 0 Å². The molecule has 0 heterocycles. The van der Waals surface area contributed by atoms with Crippen molar-refractivity contribution in [2.45, 2.75) is 123 Å². The van der Waals surface area contributed by atoms with Gasteiger partial charge < -0.3 is 14.6 Å². The van der Waals surface area contributed by atoms with Crippen LogP contribution in [0, 0.1) is 0 Å². The third-order valence-electron chi connectivity index (χ3n) is 5.76. The first-order valence-electron chi connectivity index (χ1n) is 12.6. The molecule has 0 bridgehead atoms. The van der Waals surface area contributed by atoms with Crippen LogP contribution in [0.3, 0.4) is 0 Å². The summed E-state index contributed by atoms with van der Waals surface area (Å²) < 4.78 is 11.7. The van der Waals surface area contributed by atoms with Crippen LogP contribution in [-0.4, -0.2) is 29.3 Å². The third-order valence-corrected chi connectivity index (χ3v) is 5.76. The molecule has 0 radical (unpaired) electrons. The van der Waals surface area contributed by atoms with Gasteiger partial charge in [-0.15, -0.1) is 0 Å². The molecule has 0 aliphatic heterocycles. The SMILES string of the molecule is CCCCCCCC(CCCCC(CCCCC(=O)O)OCc1ccccc1)OC(C)=O. The second-order valence-corrected chi connectivity index (χ2v) is 8.78. The van der Waals surface area contributed by atoms with E-state index in [4.69, 9.17) is 14.6 Å². The average Bonchev–Trinajstić information content (AvgIpc) is 2.77. The van der Waals surface area contributed by atoms with Crippen LogP contribution in [0.15, 0.2) is 30.3 Å². The van der Waals surface area contributed by atoms with Gasteiger partial charge in [0, 0.05) is 13.3 Å². The van der Waals surface area contributed by atoms with Gasteiger partial charge in [-0.1, -0.05) is 75.8 Å². The number of carboxylic acid groups (broad SMARTS) is 1. The first-order valence-corrected chi connectivity index (χ1v) is 12.6. The predicted octanol–water partition coefficient (Wildman–Crippen LogP) is 7.07. The Bertz CT molecular complexity index is 601. The number of carbonyl (C=O) groups is 2. The van der Waals surface area contributed by atoms with Gasteiger partial charge in [-0.2, -0.15) is 0 Å². The van der Waals surface area contributed by atoms with E-state index in [1.165, 1.54) is 32.6 Å². The zero-order chi connectivity index (χ0) is 23.4. The summed E-state index contributed by atoms with van der Waals surface area (Å²) >= 11 is 0. The van der Waals surface area contributed by atoms with Gasteiger partial charge in [-0.05, 0) is 50.5 Å². The molecule has 1 rings (SSSR count). The zero-order valence-electron chi connectivity index (χ0n) is 20.2. The molecule has 0 saturated heterocycles. The minimum absolute atomic E-state index is 0.0216. The molecule has 1 aromatic rings. The molecule has 1 N–H and O–H groups in total. The second kappa shape index (κ2) is 18.7. The van der Waals surface area contributed by atoms with Gasteiger partial charge >= 0.3 is 11.9 Å².